The molecule has 152 valence electrons. The van der Waals surface area contributed by atoms with Crippen molar-refractivity contribution in [3.05, 3.63) is 29.8 Å². The number of sulfonamides is 1. The lowest BCUT2D eigenvalue weighted by atomic mass is 9.49. The smallest absolute Gasteiger partial charge is 0.253 e. The third-order valence-corrected chi connectivity index (χ3v) is 9.46. The number of rotatable bonds is 4. The minimum atomic E-state index is -3.18. The van der Waals surface area contributed by atoms with Gasteiger partial charge in [0.05, 0.1) is 11.4 Å². The van der Waals surface area contributed by atoms with Gasteiger partial charge in [-0.25, -0.2) is 8.42 Å². The van der Waals surface area contributed by atoms with Gasteiger partial charge in [0, 0.05) is 25.7 Å². The van der Waals surface area contributed by atoms with Crippen LogP contribution >= 0.6 is 0 Å². The van der Waals surface area contributed by atoms with E-state index in [0.717, 1.165) is 24.3 Å². The standard InChI is InChI=1S/C22H30N2O3S/c1-23(15-22-12-16-9-17(13-22)11-18(10-16)14-22)21(25)19-3-5-20(6-4-19)24-7-2-8-28(24,26)27/h3-6,16-18H,2,7-15H2,1H3. The Kier molecular flexibility index (Phi) is 4.27. The third-order valence-electron chi connectivity index (χ3n) is 7.59. The van der Waals surface area contributed by atoms with Crippen LogP contribution in [0, 0.1) is 23.2 Å². The average molecular weight is 403 g/mol. The molecule has 1 aliphatic heterocycles. The first-order valence-electron chi connectivity index (χ1n) is 10.7. The van der Waals surface area contributed by atoms with Crippen LogP contribution in [0.1, 0.15) is 55.3 Å². The summed E-state index contributed by atoms with van der Waals surface area (Å²) >= 11 is 0. The maximum absolute atomic E-state index is 13.0. The molecule has 0 aromatic heterocycles. The van der Waals surface area contributed by atoms with Crippen molar-refractivity contribution in [3.63, 3.8) is 0 Å². The highest BCUT2D eigenvalue weighted by atomic mass is 32.2. The summed E-state index contributed by atoms with van der Waals surface area (Å²) in [6.45, 7) is 1.39. The first-order valence-corrected chi connectivity index (χ1v) is 12.3. The van der Waals surface area contributed by atoms with Crippen LogP contribution in [0.2, 0.25) is 0 Å². The molecule has 5 nitrogen and oxygen atoms in total. The highest BCUT2D eigenvalue weighted by Gasteiger charge is 2.51. The molecule has 6 heteroatoms. The zero-order valence-electron chi connectivity index (χ0n) is 16.6. The maximum Gasteiger partial charge on any atom is 0.253 e. The summed E-state index contributed by atoms with van der Waals surface area (Å²) in [6, 6.07) is 7.10. The van der Waals surface area contributed by atoms with E-state index in [0.29, 0.717) is 29.6 Å². The van der Waals surface area contributed by atoms with Crippen molar-refractivity contribution in [2.45, 2.75) is 44.9 Å². The van der Waals surface area contributed by atoms with Crippen molar-refractivity contribution >= 4 is 21.6 Å². The molecular formula is C22H30N2O3S. The summed E-state index contributed by atoms with van der Waals surface area (Å²) < 4.78 is 25.6. The number of hydrogen-bond acceptors (Lipinski definition) is 3. The van der Waals surface area contributed by atoms with Crippen LogP contribution in [0.25, 0.3) is 0 Å². The molecule has 4 aliphatic carbocycles. The SMILES string of the molecule is CN(CC12CC3CC(CC(C3)C1)C2)C(=O)c1ccc(N2CCCS2(=O)=O)cc1. The molecule has 1 heterocycles. The second kappa shape index (κ2) is 6.48. The van der Waals surface area contributed by atoms with Gasteiger partial charge in [0.2, 0.25) is 10.0 Å². The Bertz CT molecular complexity index is 842. The zero-order valence-corrected chi connectivity index (χ0v) is 17.5. The summed E-state index contributed by atoms with van der Waals surface area (Å²) in [5, 5.41) is 0. The third kappa shape index (κ3) is 3.14. The molecule has 6 rings (SSSR count). The number of hydrogen-bond donors (Lipinski definition) is 0. The molecule has 4 saturated carbocycles. The topological polar surface area (TPSA) is 57.7 Å². The molecular weight excluding hydrogens is 372 g/mol. The second-order valence-corrected chi connectivity index (χ2v) is 11.9. The van der Waals surface area contributed by atoms with Gasteiger partial charge in [0.1, 0.15) is 0 Å². The van der Waals surface area contributed by atoms with E-state index in [2.05, 4.69) is 0 Å². The number of anilines is 1. The van der Waals surface area contributed by atoms with Crippen molar-refractivity contribution in [3.8, 4) is 0 Å². The minimum absolute atomic E-state index is 0.0478. The van der Waals surface area contributed by atoms with Crippen molar-refractivity contribution in [2.24, 2.45) is 23.2 Å². The summed E-state index contributed by atoms with van der Waals surface area (Å²) in [5.41, 5.74) is 1.65. The van der Waals surface area contributed by atoms with Crippen molar-refractivity contribution in [2.75, 3.05) is 30.2 Å². The molecule has 0 unspecified atom stereocenters. The summed E-state index contributed by atoms with van der Waals surface area (Å²) in [4.78, 5) is 14.9. The quantitative estimate of drug-likeness (QED) is 0.774. The van der Waals surface area contributed by atoms with Gasteiger partial charge in [0.15, 0.2) is 0 Å². The predicted molar refractivity (Wildman–Crippen MR) is 110 cm³/mol. The number of amides is 1. The molecule has 0 atom stereocenters. The van der Waals surface area contributed by atoms with E-state index in [-0.39, 0.29) is 11.7 Å². The first kappa shape index (κ1) is 18.5. The first-order chi connectivity index (χ1) is 13.3. The normalized spacial score (nSPS) is 35.3. The number of benzene rings is 1. The Morgan fingerprint density at radius 3 is 2.14 bits per heavy atom. The summed E-state index contributed by atoms with van der Waals surface area (Å²) in [7, 11) is -1.25. The molecule has 0 spiro atoms. The largest absolute Gasteiger partial charge is 0.341 e. The summed E-state index contributed by atoms with van der Waals surface area (Å²) in [5.74, 6) is 2.91. The predicted octanol–water partition coefficient (Wildman–Crippen LogP) is 3.51. The molecule has 0 N–H and O–H groups in total. The van der Waals surface area contributed by atoms with Gasteiger partial charge >= 0.3 is 0 Å². The van der Waals surface area contributed by atoms with Gasteiger partial charge in [0.25, 0.3) is 5.91 Å². The fourth-order valence-corrected chi connectivity index (χ4v) is 8.54. The van der Waals surface area contributed by atoms with Gasteiger partial charge in [-0.2, -0.15) is 0 Å². The lowest BCUT2D eigenvalue weighted by Gasteiger charge is -2.57. The minimum Gasteiger partial charge on any atom is -0.341 e. The van der Waals surface area contributed by atoms with E-state index in [9.17, 15) is 13.2 Å². The van der Waals surface area contributed by atoms with Crippen LogP contribution in [0.3, 0.4) is 0 Å². The lowest BCUT2D eigenvalue weighted by Crippen LogP contribution is -2.51. The van der Waals surface area contributed by atoms with Crippen LogP contribution in [0.15, 0.2) is 24.3 Å². The number of nitrogens with zero attached hydrogens (tertiary/aromatic N) is 2. The maximum atomic E-state index is 13.0. The number of carbonyl (C=O) groups excluding carboxylic acids is 1. The van der Waals surface area contributed by atoms with Crippen molar-refractivity contribution < 1.29 is 13.2 Å². The van der Waals surface area contributed by atoms with Gasteiger partial charge in [-0.15, -0.1) is 0 Å². The van der Waals surface area contributed by atoms with E-state index in [1.165, 1.54) is 42.8 Å². The van der Waals surface area contributed by atoms with Gasteiger partial charge in [-0.1, -0.05) is 0 Å². The molecule has 1 aromatic rings. The number of carbonyl (C=O) groups is 1. The van der Waals surface area contributed by atoms with Crippen LogP contribution in [0.4, 0.5) is 5.69 Å². The fourth-order valence-electron chi connectivity index (χ4n) is 6.98. The highest BCUT2D eigenvalue weighted by Crippen LogP contribution is 2.60. The zero-order chi connectivity index (χ0) is 19.5. The van der Waals surface area contributed by atoms with Crippen molar-refractivity contribution in [1.82, 2.24) is 4.90 Å². The molecule has 5 fully saturated rings. The Labute approximate surface area is 168 Å². The van der Waals surface area contributed by atoms with Crippen LogP contribution in [-0.4, -0.2) is 45.1 Å². The molecule has 28 heavy (non-hydrogen) atoms. The monoisotopic (exact) mass is 402 g/mol. The fraction of sp³-hybridized carbons (Fsp3) is 0.682. The Hall–Kier alpha value is -1.56. The van der Waals surface area contributed by atoms with E-state index in [4.69, 9.17) is 0 Å². The van der Waals surface area contributed by atoms with E-state index in [1.807, 2.05) is 11.9 Å². The van der Waals surface area contributed by atoms with E-state index < -0.39 is 10.0 Å². The Morgan fingerprint density at radius 2 is 1.64 bits per heavy atom. The van der Waals surface area contributed by atoms with Crippen molar-refractivity contribution in [1.29, 1.82) is 0 Å². The van der Waals surface area contributed by atoms with Gasteiger partial charge < -0.3 is 4.90 Å². The molecule has 1 amide bonds. The van der Waals surface area contributed by atoms with Crippen LogP contribution in [-0.2, 0) is 10.0 Å². The highest BCUT2D eigenvalue weighted by molar-refractivity contribution is 7.93. The molecule has 4 bridgehead atoms. The summed E-state index contributed by atoms with van der Waals surface area (Å²) in [6.07, 6.45) is 8.79. The second-order valence-electron chi connectivity index (χ2n) is 9.87. The Balaban J connectivity index is 1.28. The lowest BCUT2D eigenvalue weighted by molar-refractivity contribution is -0.0629. The molecule has 0 radical (unpaired) electrons. The van der Waals surface area contributed by atoms with Gasteiger partial charge in [-0.3, -0.25) is 9.10 Å². The molecule has 1 aromatic carbocycles. The van der Waals surface area contributed by atoms with Crippen LogP contribution in [0.5, 0.6) is 0 Å². The van der Waals surface area contributed by atoms with Crippen LogP contribution < -0.4 is 4.31 Å². The molecule has 5 aliphatic rings. The van der Waals surface area contributed by atoms with E-state index >= 15 is 0 Å². The van der Waals surface area contributed by atoms with Gasteiger partial charge in [-0.05, 0) is 92.4 Å². The molecule has 1 saturated heterocycles. The Morgan fingerprint density at radius 1 is 1.07 bits per heavy atom. The van der Waals surface area contributed by atoms with E-state index in [1.54, 1.807) is 24.3 Å². The average Bonchev–Trinajstić information content (AvgIpc) is 2.99.